The van der Waals surface area contributed by atoms with E-state index in [1.807, 2.05) is 30.3 Å². The van der Waals surface area contributed by atoms with Crippen molar-refractivity contribution in [2.75, 3.05) is 6.54 Å². The van der Waals surface area contributed by atoms with Gasteiger partial charge in [0.05, 0.1) is 0 Å². The average Bonchev–Trinajstić information content (AvgIpc) is 2.50. The molecule has 0 atom stereocenters. The van der Waals surface area contributed by atoms with Crippen LogP contribution in [0.25, 0.3) is 0 Å². The van der Waals surface area contributed by atoms with E-state index in [9.17, 15) is 0 Å². The highest BCUT2D eigenvalue weighted by Crippen LogP contribution is 2.40. The highest BCUT2D eigenvalue weighted by molar-refractivity contribution is 6.90. The predicted molar refractivity (Wildman–Crippen MR) is 106 cm³/mol. The summed E-state index contributed by atoms with van der Waals surface area (Å²) in [5, 5.41) is 0. The summed E-state index contributed by atoms with van der Waals surface area (Å²) < 4.78 is 0. The molecule has 122 valence electrons. The summed E-state index contributed by atoms with van der Waals surface area (Å²) in [7, 11) is -1.76. The minimum atomic E-state index is -1.76. The lowest BCUT2D eigenvalue weighted by atomic mass is 10.1. The second-order valence-corrected chi connectivity index (χ2v) is 12.5. The smallest absolute Gasteiger partial charge is 0.146 e. The Morgan fingerprint density at radius 1 is 1.00 bits per heavy atom. The van der Waals surface area contributed by atoms with Crippen molar-refractivity contribution in [1.82, 2.24) is 0 Å². The van der Waals surface area contributed by atoms with Crippen LogP contribution < -0.4 is 0 Å². The number of terminal acetylenes is 1. The molecule has 0 saturated carbocycles. The third-order valence-corrected chi connectivity index (χ3v) is 10.9. The molecule has 1 rings (SSSR count). The first-order valence-electron chi connectivity index (χ1n) is 8.42. The van der Waals surface area contributed by atoms with Gasteiger partial charge in [-0.25, -0.2) is 0 Å². The Labute approximate surface area is 143 Å². The molecule has 0 N–H and O–H groups in total. The quantitative estimate of drug-likeness (QED) is 0.394. The molecule has 0 saturated heterocycles. The molecule has 1 aromatic rings. The van der Waals surface area contributed by atoms with E-state index in [0.29, 0.717) is 23.2 Å². The first-order valence-corrected chi connectivity index (χ1v) is 10.7. The van der Waals surface area contributed by atoms with Crippen molar-refractivity contribution in [3.05, 3.63) is 35.9 Å². The van der Waals surface area contributed by atoms with Crippen molar-refractivity contribution in [3.8, 4) is 23.8 Å². The van der Waals surface area contributed by atoms with Crippen LogP contribution in [-0.2, 0) is 0 Å². The summed E-state index contributed by atoms with van der Waals surface area (Å²) in [5.74, 6) is 6.01. The van der Waals surface area contributed by atoms with Gasteiger partial charge < -0.3 is 0 Å². The molecule has 1 nitrogen and oxygen atoms in total. The van der Waals surface area contributed by atoms with Crippen LogP contribution in [0.5, 0.6) is 0 Å². The largest absolute Gasteiger partial charge is 0.263 e. The molecule has 0 fully saturated rings. The molecule has 2 heteroatoms. The lowest BCUT2D eigenvalue weighted by molar-refractivity contribution is 0.838. The maximum absolute atomic E-state index is 5.38. The lowest BCUT2D eigenvalue weighted by Crippen LogP contribution is -2.43. The van der Waals surface area contributed by atoms with Crippen LogP contribution in [0, 0.1) is 23.8 Å². The summed E-state index contributed by atoms with van der Waals surface area (Å²) in [4.78, 5) is 4.52. The molecule has 0 aliphatic rings. The molecule has 0 bridgehead atoms. The van der Waals surface area contributed by atoms with Gasteiger partial charge >= 0.3 is 0 Å². The minimum Gasteiger partial charge on any atom is -0.263 e. The fraction of sp³-hybridized carbons (Fsp3) is 0.476. The van der Waals surface area contributed by atoms with Gasteiger partial charge in [-0.2, -0.15) is 0 Å². The second kappa shape index (κ2) is 8.75. The molecule has 0 aliphatic heterocycles. The van der Waals surface area contributed by atoms with Crippen molar-refractivity contribution in [2.45, 2.75) is 58.2 Å². The van der Waals surface area contributed by atoms with Gasteiger partial charge in [-0.3, -0.25) is 4.99 Å². The van der Waals surface area contributed by atoms with Crippen LogP contribution in [0.4, 0.5) is 0 Å². The van der Waals surface area contributed by atoms with E-state index in [1.54, 1.807) is 0 Å². The molecule has 0 aliphatic carbocycles. The Balaban J connectivity index is 3.38. The number of benzene rings is 1. The SMILES string of the molecule is C#CCN=C(C#C[Si](C(C)C)(C(C)C)C(C)C)c1ccccc1. The lowest BCUT2D eigenvalue weighted by Gasteiger charge is -2.38. The van der Waals surface area contributed by atoms with Gasteiger partial charge in [0.1, 0.15) is 20.3 Å². The van der Waals surface area contributed by atoms with E-state index in [-0.39, 0.29) is 0 Å². The minimum absolute atomic E-state index is 0.374. The maximum Gasteiger partial charge on any atom is 0.146 e. The molecule has 0 unspecified atom stereocenters. The Kier molecular flexibility index (Phi) is 7.34. The van der Waals surface area contributed by atoms with E-state index < -0.39 is 8.07 Å². The Bertz CT molecular complexity index is 600. The standard InChI is InChI=1S/C21H29NSi/c1-8-15-22-21(20-12-10-9-11-13-20)14-16-23(17(2)3,18(4)5)19(6)7/h1,9-13,17-19H,15H2,2-7H3. The van der Waals surface area contributed by atoms with E-state index >= 15 is 0 Å². The van der Waals surface area contributed by atoms with Crippen molar-refractivity contribution in [3.63, 3.8) is 0 Å². The first kappa shape index (κ1) is 19.3. The number of aliphatic imine (C=N–C) groups is 1. The molecular weight excluding hydrogens is 294 g/mol. The van der Waals surface area contributed by atoms with Crippen LogP contribution in [0.15, 0.2) is 35.3 Å². The second-order valence-electron chi connectivity index (χ2n) is 6.88. The van der Waals surface area contributed by atoms with Gasteiger partial charge in [-0.05, 0) is 16.6 Å². The highest BCUT2D eigenvalue weighted by Gasteiger charge is 2.41. The van der Waals surface area contributed by atoms with Gasteiger partial charge in [-0.1, -0.05) is 83.7 Å². The number of rotatable bonds is 5. The van der Waals surface area contributed by atoms with Gasteiger partial charge in [0.2, 0.25) is 0 Å². The molecule has 1 aromatic carbocycles. The van der Waals surface area contributed by atoms with Crippen molar-refractivity contribution in [1.29, 1.82) is 0 Å². The molecule has 0 radical (unpaired) electrons. The first-order chi connectivity index (χ1) is 10.9. The van der Waals surface area contributed by atoms with Gasteiger partial charge in [0.15, 0.2) is 0 Å². The van der Waals surface area contributed by atoms with E-state index in [0.717, 1.165) is 11.3 Å². The Hall–Kier alpha value is -1.77. The van der Waals surface area contributed by atoms with E-state index in [4.69, 9.17) is 6.42 Å². The molecule has 0 aromatic heterocycles. The van der Waals surface area contributed by atoms with Crippen LogP contribution in [0.1, 0.15) is 47.1 Å². The van der Waals surface area contributed by atoms with Crippen molar-refractivity contribution in [2.24, 2.45) is 4.99 Å². The summed E-state index contributed by atoms with van der Waals surface area (Å²) in [6.45, 7) is 14.3. The predicted octanol–water partition coefficient (Wildman–Crippen LogP) is 5.33. The number of hydrogen-bond donors (Lipinski definition) is 0. The number of nitrogens with zero attached hydrogens (tertiary/aromatic N) is 1. The Morgan fingerprint density at radius 2 is 1.52 bits per heavy atom. The third kappa shape index (κ3) is 4.60. The monoisotopic (exact) mass is 323 g/mol. The third-order valence-electron chi connectivity index (χ3n) is 4.64. The average molecular weight is 324 g/mol. The van der Waals surface area contributed by atoms with Gasteiger partial charge in [0.25, 0.3) is 0 Å². The van der Waals surface area contributed by atoms with E-state index in [2.05, 4.69) is 63.9 Å². The van der Waals surface area contributed by atoms with E-state index in [1.165, 1.54) is 0 Å². The summed E-state index contributed by atoms with van der Waals surface area (Å²) in [6.07, 6.45) is 5.38. The molecule has 0 spiro atoms. The fourth-order valence-corrected chi connectivity index (χ4v) is 8.73. The van der Waals surface area contributed by atoms with Crippen LogP contribution in [0.3, 0.4) is 0 Å². The summed E-state index contributed by atoms with van der Waals surface area (Å²) in [6, 6.07) is 10.1. The Morgan fingerprint density at radius 3 is 1.96 bits per heavy atom. The van der Waals surface area contributed by atoms with Crippen LogP contribution >= 0.6 is 0 Å². The fourth-order valence-electron chi connectivity index (χ4n) is 3.52. The zero-order valence-electron chi connectivity index (χ0n) is 15.4. The summed E-state index contributed by atoms with van der Waals surface area (Å²) in [5.41, 5.74) is 7.43. The zero-order chi connectivity index (χ0) is 17.5. The number of hydrogen-bond acceptors (Lipinski definition) is 1. The molecular formula is C21H29NSi. The van der Waals surface area contributed by atoms with Crippen LogP contribution in [-0.4, -0.2) is 20.3 Å². The molecule has 23 heavy (non-hydrogen) atoms. The van der Waals surface area contributed by atoms with Gasteiger partial charge in [0, 0.05) is 5.56 Å². The molecule has 0 heterocycles. The van der Waals surface area contributed by atoms with Crippen LogP contribution in [0.2, 0.25) is 16.6 Å². The van der Waals surface area contributed by atoms with Crippen molar-refractivity contribution < 1.29 is 0 Å². The zero-order valence-corrected chi connectivity index (χ0v) is 16.4. The highest BCUT2D eigenvalue weighted by atomic mass is 28.3. The van der Waals surface area contributed by atoms with Gasteiger partial charge in [-0.15, -0.1) is 12.0 Å². The molecule has 0 amide bonds. The maximum atomic E-state index is 5.38. The topological polar surface area (TPSA) is 12.4 Å². The normalized spacial score (nSPS) is 12.3. The van der Waals surface area contributed by atoms with Crippen molar-refractivity contribution >= 4 is 13.8 Å². The summed E-state index contributed by atoms with van der Waals surface area (Å²) >= 11 is 0.